The second-order valence-corrected chi connectivity index (χ2v) is 24.5. The Morgan fingerprint density at radius 2 is 0.344 bits per heavy atom. The standard InChI is InChI=1S/C66H66O18S6/c1-7-73-55(67)37-79-43-13-25-49(26-14-43)85-61-62(86-50-27-15-44(16-28-50)80-38-56(68)74-8-2)64(88-52-31-19-46(20-32-52)82-40-58(70)76-10-4)66(90-54-35-23-48(24-36-54)84-42-60(72)78-12-6)65(89-53-33-21-47(22-34-53)83-41-59(71)77-11-5)63(61)87-51-29-17-45(18-30-51)81-39-57(69)75-9-3/h13-36H,7-12,37-42H2,1-6H3. The molecule has 0 amide bonds. The fourth-order valence-electron chi connectivity index (χ4n) is 7.57. The van der Waals surface area contributed by atoms with E-state index in [4.69, 9.17) is 56.8 Å². The van der Waals surface area contributed by atoms with E-state index < -0.39 is 35.8 Å². The summed E-state index contributed by atoms with van der Waals surface area (Å²) >= 11 is 9.05. The van der Waals surface area contributed by atoms with E-state index in [1.54, 1.807) is 114 Å². The van der Waals surface area contributed by atoms with E-state index in [2.05, 4.69) is 0 Å². The molecule has 0 aliphatic heterocycles. The summed E-state index contributed by atoms with van der Waals surface area (Å²) in [6.07, 6.45) is 0. The van der Waals surface area contributed by atoms with Gasteiger partial charge in [0.15, 0.2) is 39.6 Å². The molecule has 90 heavy (non-hydrogen) atoms. The van der Waals surface area contributed by atoms with Gasteiger partial charge in [0.25, 0.3) is 0 Å². The van der Waals surface area contributed by atoms with Crippen LogP contribution in [0.3, 0.4) is 0 Å². The molecule has 0 aliphatic carbocycles. The van der Waals surface area contributed by atoms with Gasteiger partial charge in [-0.05, 0) is 187 Å². The average molecular weight is 1340 g/mol. The van der Waals surface area contributed by atoms with Crippen LogP contribution in [0.25, 0.3) is 0 Å². The first-order chi connectivity index (χ1) is 43.8. The summed E-state index contributed by atoms with van der Waals surface area (Å²) in [4.78, 5) is 84.0. The molecule has 18 nitrogen and oxygen atoms in total. The van der Waals surface area contributed by atoms with E-state index in [0.717, 1.165) is 58.7 Å². The Kier molecular flexibility index (Phi) is 29.0. The van der Waals surface area contributed by atoms with Gasteiger partial charge in [0, 0.05) is 58.7 Å². The van der Waals surface area contributed by atoms with Gasteiger partial charge in [-0.25, -0.2) is 28.8 Å². The summed E-state index contributed by atoms with van der Waals surface area (Å²) in [5.74, 6) is -0.286. The lowest BCUT2D eigenvalue weighted by molar-refractivity contribution is -0.146. The maximum atomic E-state index is 12.4. The third-order valence-electron chi connectivity index (χ3n) is 11.5. The second-order valence-electron chi connectivity index (χ2n) is 18.0. The minimum atomic E-state index is -0.500. The maximum absolute atomic E-state index is 12.4. The molecule has 7 aromatic rings. The summed E-state index contributed by atoms with van der Waals surface area (Å²) in [5, 5.41) is 0. The van der Waals surface area contributed by atoms with Gasteiger partial charge in [0.2, 0.25) is 0 Å². The van der Waals surface area contributed by atoms with Crippen LogP contribution >= 0.6 is 70.6 Å². The zero-order valence-electron chi connectivity index (χ0n) is 50.1. The minimum absolute atomic E-state index is 0.213. The number of hydrogen-bond acceptors (Lipinski definition) is 24. The molecule has 0 unspecified atom stereocenters. The van der Waals surface area contributed by atoms with Gasteiger partial charge in [-0.1, -0.05) is 70.6 Å². The number of carbonyl (C=O) groups excluding carboxylic acids is 6. The highest BCUT2D eigenvalue weighted by Crippen LogP contribution is 2.60. The predicted molar refractivity (Wildman–Crippen MR) is 343 cm³/mol. The largest absolute Gasteiger partial charge is 0.482 e. The van der Waals surface area contributed by atoms with Gasteiger partial charge in [-0.3, -0.25) is 0 Å². The molecule has 0 saturated carbocycles. The van der Waals surface area contributed by atoms with Crippen LogP contribution in [-0.4, -0.2) is 115 Å². The van der Waals surface area contributed by atoms with Crippen molar-refractivity contribution in [2.75, 3.05) is 79.3 Å². The first kappa shape index (κ1) is 69.7. The Morgan fingerprint density at radius 1 is 0.222 bits per heavy atom. The van der Waals surface area contributed by atoms with Crippen LogP contribution in [0, 0.1) is 0 Å². The Bertz CT molecular complexity index is 2850. The smallest absolute Gasteiger partial charge is 0.344 e. The molecule has 0 spiro atoms. The molecule has 7 rings (SSSR count). The van der Waals surface area contributed by atoms with Crippen LogP contribution in [-0.2, 0) is 57.2 Å². The van der Waals surface area contributed by atoms with Crippen molar-refractivity contribution in [2.45, 2.75) is 100 Å². The number of ether oxygens (including phenoxy) is 12. The molecule has 0 saturated heterocycles. The average Bonchev–Trinajstić information content (AvgIpc) is 0.802. The molecule has 0 aliphatic rings. The minimum Gasteiger partial charge on any atom is -0.482 e. The first-order valence-electron chi connectivity index (χ1n) is 28.4. The molecule has 24 heteroatoms. The maximum Gasteiger partial charge on any atom is 0.344 e. The zero-order chi connectivity index (χ0) is 64.0. The summed E-state index contributed by atoms with van der Waals surface area (Å²) in [7, 11) is 0. The van der Waals surface area contributed by atoms with Gasteiger partial charge < -0.3 is 56.8 Å². The molecule has 7 aromatic carbocycles. The third-order valence-corrected chi connectivity index (χ3v) is 19.0. The zero-order valence-corrected chi connectivity index (χ0v) is 55.0. The van der Waals surface area contributed by atoms with E-state index >= 15 is 0 Å². The Labute approximate surface area is 548 Å². The van der Waals surface area contributed by atoms with E-state index in [1.165, 1.54) is 70.6 Å². The van der Waals surface area contributed by atoms with Crippen molar-refractivity contribution in [1.82, 2.24) is 0 Å². The van der Waals surface area contributed by atoms with E-state index in [1.807, 2.05) is 72.8 Å². The summed E-state index contributed by atoms with van der Waals surface area (Å²) < 4.78 is 65.8. The number of benzene rings is 7. The van der Waals surface area contributed by atoms with E-state index in [9.17, 15) is 28.8 Å². The predicted octanol–water partition coefficient (Wildman–Crippen LogP) is 14.2. The Hall–Kier alpha value is -7.74. The third kappa shape index (κ3) is 22.9. The van der Waals surface area contributed by atoms with Gasteiger partial charge in [-0.2, -0.15) is 0 Å². The van der Waals surface area contributed by atoms with Crippen molar-refractivity contribution >= 4 is 106 Å². The van der Waals surface area contributed by atoms with Gasteiger partial charge in [-0.15, -0.1) is 0 Å². The monoisotopic (exact) mass is 1340 g/mol. The van der Waals surface area contributed by atoms with E-state index in [0.29, 0.717) is 34.5 Å². The van der Waals surface area contributed by atoms with Crippen LogP contribution < -0.4 is 28.4 Å². The van der Waals surface area contributed by atoms with E-state index in [-0.39, 0.29) is 79.3 Å². The molecule has 0 fully saturated rings. The molecular weight excluding hydrogens is 1270 g/mol. The summed E-state index contributed by atoms with van der Waals surface area (Å²) in [5.41, 5.74) is 0. The Balaban J connectivity index is 1.49. The van der Waals surface area contributed by atoms with Crippen LogP contribution in [0.1, 0.15) is 41.5 Å². The van der Waals surface area contributed by atoms with Crippen LogP contribution in [0.2, 0.25) is 0 Å². The molecule has 0 N–H and O–H groups in total. The molecule has 0 aromatic heterocycles. The fourth-order valence-corrected chi connectivity index (χ4v) is 14.8. The van der Waals surface area contributed by atoms with Crippen LogP contribution in [0.5, 0.6) is 34.5 Å². The number of esters is 6. The summed E-state index contributed by atoms with van der Waals surface area (Å²) in [6.45, 7) is 9.99. The Morgan fingerprint density at radius 3 is 0.456 bits per heavy atom. The lowest BCUT2D eigenvalue weighted by Crippen LogP contribution is -2.14. The quantitative estimate of drug-likeness (QED) is 0.0264. The lowest BCUT2D eigenvalue weighted by Gasteiger charge is -2.26. The molecule has 0 bridgehead atoms. The normalized spacial score (nSPS) is 10.7. The molecule has 0 atom stereocenters. The van der Waals surface area contributed by atoms with Gasteiger partial charge in [0.05, 0.1) is 39.6 Å². The highest BCUT2D eigenvalue weighted by molar-refractivity contribution is 8.07. The topological polar surface area (TPSA) is 213 Å². The first-order valence-corrected chi connectivity index (χ1v) is 33.3. The molecular formula is C66H66O18S6. The highest BCUT2D eigenvalue weighted by Gasteiger charge is 2.29. The highest BCUT2D eigenvalue weighted by atomic mass is 32.2. The summed E-state index contributed by atoms with van der Waals surface area (Å²) in [6, 6.07) is 44.4. The second kappa shape index (κ2) is 37.4. The van der Waals surface area contributed by atoms with Crippen molar-refractivity contribution in [3.8, 4) is 34.5 Å². The van der Waals surface area contributed by atoms with Gasteiger partial charge in [0.1, 0.15) is 34.5 Å². The van der Waals surface area contributed by atoms with Crippen molar-refractivity contribution < 1.29 is 85.6 Å². The van der Waals surface area contributed by atoms with Crippen molar-refractivity contribution in [3.63, 3.8) is 0 Å². The number of rotatable bonds is 36. The molecule has 0 radical (unpaired) electrons. The number of hydrogen-bond donors (Lipinski definition) is 0. The van der Waals surface area contributed by atoms with Crippen molar-refractivity contribution in [3.05, 3.63) is 146 Å². The van der Waals surface area contributed by atoms with Crippen molar-refractivity contribution in [2.24, 2.45) is 0 Å². The molecule has 0 heterocycles. The lowest BCUT2D eigenvalue weighted by atomic mass is 10.3. The van der Waals surface area contributed by atoms with Crippen molar-refractivity contribution in [1.29, 1.82) is 0 Å². The fraction of sp³-hybridized carbons (Fsp3) is 0.273. The van der Waals surface area contributed by atoms with Gasteiger partial charge >= 0.3 is 35.8 Å². The SMILES string of the molecule is CCOC(=O)COc1ccc(Sc2c(Sc3ccc(OCC(=O)OCC)cc3)c(Sc3ccc(OCC(=O)OCC)cc3)c(Sc3ccc(OCC(=O)OCC)cc3)c(Sc3ccc(OCC(=O)OCC)cc3)c2Sc2ccc(OCC(=O)OCC)cc2)cc1. The number of carbonyl (C=O) groups is 6. The molecule has 474 valence electrons. The van der Waals surface area contributed by atoms with Crippen LogP contribution in [0.15, 0.2) is 204 Å². The van der Waals surface area contributed by atoms with Crippen LogP contribution in [0.4, 0.5) is 0 Å².